The number of hydrogen-bond acceptors (Lipinski definition) is 4. The average Bonchev–Trinajstić information content (AvgIpc) is 2.66. The van der Waals surface area contributed by atoms with Crippen molar-refractivity contribution >= 4 is 17.7 Å². The lowest BCUT2D eigenvalue weighted by Gasteiger charge is -2.14. The first-order valence-corrected chi connectivity index (χ1v) is 8.33. The molecule has 0 aromatic heterocycles. The summed E-state index contributed by atoms with van der Waals surface area (Å²) in [6.07, 6.45) is -0.208. The summed E-state index contributed by atoms with van der Waals surface area (Å²) < 4.78 is 18.4. The van der Waals surface area contributed by atoms with E-state index in [4.69, 9.17) is 4.74 Å². The molecule has 0 unspecified atom stereocenters. The molecule has 7 heteroatoms. The Kier molecular flexibility index (Phi) is 7.05. The molecule has 0 saturated heterocycles. The third-order valence-electron chi connectivity index (χ3n) is 3.97. The monoisotopic (exact) mass is 373 g/mol. The molecule has 0 aliphatic rings. The van der Waals surface area contributed by atoms with E-state index in [1.807, 2.05) is 6.07 Å². The maximum absolute atomic E-state index is 13.7. The molecule has 0 fully saturated rings. The SMILES string of the molecule is COc1ccc(C(=O)CCC(=O)N[C@@H](Cc2ccccc2)C(=O)O)cc1F. The Morgan fingerprint density at radius 2 is 1.81 bits per heavy atom. The summed E-state index contributed by atoms with van der Waals surface area (Å²) in [5.41, 5.74) is 0.898. The van der Waals surface area contributed by atoms with Crippen LogP contribution in [-0.4, -0.2) is 35.9 Å². The lowest BCUT2D eigenvalue weighted by atomic mass is 10.0. The van der Waals surface area contributed by atoms with Crippen LogP contribution in [0.3, 0.4) is 0 Å². The summed E-state index contributed by atoms with van der Waals surface area (Å²) >= 11 is 0. The molecule has 0 aliphatic carbocycles. The van der Waals surface area contributed by atoms with Crippen LogP contribution in [0.25, 0.3) is 0 Å². The fourth-order valence-electron chi connectivity index (χ4n) is 2.53. The maximum atomic E-state index is 13.7. The Bertz CT molecular complexity index is 822. The van der Waals surface area contributed by atoms with Crippen LogP contribution in [0.15, 0.2) is 48.5 Å². The highest BCUT2D eigenvalue weighted by atomic mass is 19.1. The van der Waals surface area contributed by atoms with Gasteiger partial charge in [0.1, 0.15) is 6.04 Å². The van der Waals surface area contributed by atoms with Crippen LogP contribution in [0.1, 0.15) is 28.8 Å². The van der Waals surface area contributed by atoms with Crippen molar-refractivity contribution in [1.82, 2.24) is 5.32 Å². The van der Waals surface area contributed by atoms with Crippen LogP contribution in [0, 0.1) is 5.82 Å². The number of carboxylic acid groups (broad SMARTS) is 1. The zero-order chi connectivity index (χ0) is 19.8. The molecular weight excluding hydrogens is 353 g/mol. The molecule has 0 spiro atoms. The maximum Gasteiger partial charge on any atom is 0.326 e. The van der Waals surface area contributed by atoms with Gasteiger partial charge in [-0.05, 0) is 23.8 Å². The van der Waals surface area contributed by atoms with E-state index in [9.17, 15) is 23.9 Å². The van der Waals surface area contributed by atoms with Gasteiger partial charge in [-0.15, -0.1) is 0 Å². The van der Waals surface area contributed by atoms with Crippen molar-refractivity contribution in [3.63, 3.8) is 0 Å². The van der Waals surface area contributed by atoms with Gasteiger partial charge in [0.15, 0.2) is 17.3 Å². The number of aliphatic carboxylic acids is 1. The van der Waals surface area contributed by atoms with Crippen molar-refractivity contribution in [3.05, 3.63) is 65.5 Å². The van der Waals surface area contributed by atoms with Gasteiger partial charge in [-0.3, -0.25) is 9.59 Å². The fourth-order valence-corrected chi connectivity index (χ4v) is 2.53. The van der Waals surface area contributed by atoms with Gasteiger partial charge in [0.25, 0.3) is 0 Å². The number of carbonyl (C=O) groups excluding carboxylic acids is 2. The Hall–Kier alpha value is -3.22. The lowest BCUT2D eigenvalue weighted by Crippen LogP contribution is -2.42. The third-order valence-corrected chi connectivity index (χ3v) is 3.97. The van der Waals surface area contributed by atoms with Crippen molar-refractivity contribution in [2.75, 3.05) is 7.11 Å². The summed E-state index contributed by atoms with van der Waals surface area (Å²) in [7, 11) is 1.32. The minimum absolute atomic E-state index is 0.0227. The van der Waals surface area contributed by atoms with Crippen LogP contribution < -0.4 is 10.1 Å². The molecule has 0 heterocycles. The van der Waals surface area contributed by atoms with E-state index >= 15 is 0 Å². The average molecular weight is 373 g/mol. The molecule has 0 saturated carbocycles. The number of Topliss-reactive ketones (excluding diaryl/α,β-unsaturated/α-hetero) is 1. The normalized spacial score (nSPS) is 11.5. The number of amides is 1. The molecule has 2 aromatic carbocycles. The highest BCUT2D eigenvalue weighted by Gasteiger charge is 2.21. The molecule has 1 amide bonds. The molecule has 27 heavy (non-hydrogen) atoms. The second-order valence-electron chi connectivity index (χ2n) is 5.92. The lowest BCUT2D eigenvalue weighted by molar-refractivity contribution is -0.141. The first-order chi connectivity index (χ1) is 12.9. The van der Waals surface area contributed by atoms with E-state index in [0.29, 0.717) is 0 Å². The van der Waals surface area contributed by atoms with E-state index in [-0.39, 0.29) is 30.6 Å². The van der Waals surface area contributed by atoms with Gasteiger partial charge in [0, 0.05) is 24.8 Å². The summed E-state index contributed by atoms with van der Waals surface area (Å²) in [6.45, 7) is 0. The molecule has 142 valence electrons. The van der Waals surface area contributed by atoms with E-state index in [1.54, 1.807) is 24.3 Å². The minimum Gasteiger partial charge on any atom is -0.494 e. The van der Waals surface area contributed by atoms with Crippen molar-refractivity contribution in [1.29, 1.82) is 0 Å². The topological polar surface area (TPSA) is 92.7 Å². The highest BCUT2D eigenvalue weighted by Crippen LogP contribution is 2.19. The van der Waals surface area contributed by atoms with Crippen molar-refractivity contribution in [3.8, 4) is 5.75 Å². The number of methoxy groups -OCH3 is 1. The molecular formula is C20H20FNO5. The first-order valence-electron chi connectivity index (χ1n) is 8.33. The summed E-state index contributed by atoms with van der Waals surface area (Å²) in [6, 6.07) is 11.6. The number of benzene rings is 2. The molecule has 0 radical (unpaired) electrons. The van der Waals surface area contributed by atoms with Crippen molar-refractivity contribution in [2.45, 2.75) is 25.3 Å². The number of hydrogen-bond donors (Lipinski definition) is 2. The standard InChI is InChI=1S/C20H20FNO5/c1-27-18-9-7-14(12-15(18)21)17(23)8-10-19(24)22-16(20(25)26)11-13-5-3-2-4-6-13/h2-7,9,12,16H,8,10-11H2,1H3,(H,22,24)(H,25,26)/t16-/m0/s1. The first kappa shape index (κ1) is 20.1. The Morgan fingerprint density at radius 1 is 1.11 bits per heavy atom. The summed E-state index contributed by atoms with van der Waals surface area (Å²) in [5.74, 6) is -2.77. The number of carbonyl (C=O) groups is 3. The van der Waals surface area contributed by atoms with Crippen LogP contribution in [0.4, 0.5) is 4.39 Å². The van der Waals surface area contributed by atoms with E-state index in [0.717, 1.165) is 11.6 Å². The van der Waals surface area contributed by atoms with Gasteiger partial charge in [-0.2, -0.15) is 0 Å². The summed E-state index contributed by atoms with van der Waals surface area (Å²) in [5, 5.41) is 11.7. The molecule has 2 aromatic rings. The number of carboxylic acids is 1. The molecule has 0 aliphatic heterocycles. The van der Waals surface area contributed by atoms with Gasteiger partial charge in [0.05, 0.1) is 7.11 Å². The van der Waals surface area contributed by atoms with Gasteiger partial charge in [-0.1, -0.05) is 30.3 Å². The van der Waals surface area contributed by atoms with Gasteiger partial charge < -0.3 is 15.2 Å². The van der Waals surface area contributed by atoms with E-state index in [2.05, 4.69) is 5.32 Å². The van der Waals surface area contributed by atoms with Crippen LogP contribution in [0.2, 0.25) is 0 Å². The largest absolute Gasteiger partial charge is 0.494 e. The predicted octanol–water partition coefficient (Wildman–Crippen LogP) is 2.61. The number of ether oxygens (including phenoxy) is 1. The molecule has 2 rings (SSSR count). The number of halogens is 1. The Balaban J connectivity index is 1.90. The molecule has 1 atom stereocenters. The quantitative estimate of drug-likeness (QED) is 0.659. The Morgan fingerprint density at radius 3 is 2.41 bits per heavy atom. The second kappa shape index (κ2) is 9.47. The van der Waals surface area contributed by atoms with Crippen LogP contribution in [-0.2, 0) is 16.0 Å². The second-order valence-corrected chi connectivity index (χ2v) is 5.92. The van der Waals surface area contributed by atoms with Gasteiger partial charge in [-0.25, -0.2) is 9.18 Å². The summed E-state index contributed by atoms with van der Waals surface area (Å²) in [4.78, 5) is 35.5. The van der Waals surface area contributed by atoms with Gasteiger partial charge >= 0.3 is 5.97 Å². The van der Waals surface area contributed by atoms with Crippen LogP contribution in [0.5, 0.6) is 5.75 Å². The highest BCUT2D eigenvalue weighted by molar-refractivity contribution is 5.98. The van der Waals surface area contributed by atoms with Crippen LogP contribution >= 0.6 is 0 Å². The molecule has 2 N–H and O–H groups in total. The number of ketones is 1. The Labute approximate surface area is 156 Å². The third kappa shape index (κ3) is 5.91. The minimum atomic E-state index is -1.16. The van der Waals surface area contributed by atoms with Crippen molar-refractivity contribution < 1.29 is 28.6 Å². The molecule has 0 bridgehead atoms. The fraction of sp³-hybridized carbons (Fsp3) is 0.250. The number of rotatable bonds is 9. The zero-order valence-electron chi connectivity index (χ0n) is 14.8. The van der Waals surface area contributed by atoms with Gasteiger partial charge in [0.2, 0.25) is 5.91 Å². The number of nitrogens with one attached hydrogen (secondary N) is 1. The zero-order valence-corrected chi connectivity index (χ0v) is 14.8. The van der Waals surface area contributed by atoms with E-state index in [1.165, 1.54) is 19.2 Å². The van der Waals surface area contributed by atoms with Crippen molar-refractivity contribution in [2.24, 2.45) is 0 Å². The predicted molar refractivity (Wildman–Crippen MR) is 96.2 cm³/mol. The molecule has 6 nitrogen and oxygen atoms in total. The van der Waals surface area contributed by atoms with E-state index < -0.39 is 29.5 Å². The smallest absolute Gasteiger partial charge is 0.326 e.